The lowest BCUT2D eigenvalue weighted by Crippen LogP contribution is -2.37. The average molecular weight is 272 g/mol. The van der Waals surface area contributed by atoms with Crippen molar-refractivity contribution in [3.8, 4) is 0 Å². The van der Waals surface area contributed by atoms with Gasteiger partial charge in [-0.25, -0.2) is 4.79 Å². The van der Waals surface area contributed by atoms with Crippen molar-refractivity contribution in [1.82, 2.24) is 0 Å². The quantitative estimate of drug-likeness (QED) is 0.740. The van der Waals surface area contributed by atoms with Gasteiger partial charge in [0.15, 0.2) is 0 Å². The number of hydrogen-bond acceptors (Lipinski definition) is 4. The zero-order valence-corrected chi connectivity index (χ0v) is 12.4. The third kappa shape index (κ3) is 3.41. The van der Waals surface area contributed by atoms with E-state index in [9.17, 15) is 4.79 Å². The second-order valence-corrected chi connectivity index (χ2v) is 7.04. The molecule has 3 nitrogen and oxygen atoms in total. The summed E-state index contributed by atoms with van der Waals surface area (Å²) in [4.78, 5) is 12.0. The maximum absolute atomic E-state index is 12.0. The molecule has 0 aromatic heterocycles. The van der Waals surface area contributed by atoms with Gasteiger partial charge in [-0.05, 0) is 30.6 Å². The van der Waals surface area contributed by atoms with Crippen molar-refractivity contribution in [2.75, 3.05) is 12.4 Å². The first kappa shape index (κ1) is 14.2. The molecule has 104 valence electrons. The van der Waals surface area contributed by atoms with E-state index >= 15 is 0 Å². The van der Waals surface area contributed by atoms with Crippen molar-refractivity contribution in [3.63, 3.8) is 0 Å². The Morgan fingerprint density at radius 1 is 1.39 bits per heavy atom. The van der Waals surface area contributed by atoms with Crippen molar-refractivity contribution >= 4 is 17.7 Å². The number of carbonyl (C=O) groups excluding carboxylic acids is 1. The summed E-state index contributed by atoms with van der Waals surface area (Å²) in [6, 6.07) is 0. The standard InChI is InChI=1S/C14H24O3S/c1-9(2)11-5-4-10(3)8-12(11)17-13(15)14-16-6-7-18-14/h9-12,14H,4-8H2,1-3H3/t10-,11+,12-,14-/m1/s1. The fraction of sp³-hybridized carbons (Fsp3) is 0.929. The molecule has 0 radical (unpaired) electrons. The van der Waals surface area contributed by atoms with E-state index in [-0.39, 0.29) is 17.5 Å². The van der Waals surface area contributed by atoms with Gasteiger partial charge in [-0.1, -0.05) is 27.2 Å². The summed E-state index contributed by atoms with van der Waals surface area (Å²) < 4.78 is 11.1. The van der Waals surface area contributed by atoms with Crippen molar-refractivity contribution in [2.24, 2.45) is 17.8 Å². The summed E-state index contributed by atoms with van der Waals surface area (Å²) in [5, 5.41) is 0. The lowest BCUT2D eigenvalue weighted by Gasteiger charge is -2.37. The molecule has 0 aromatic rings. The highest BCUT2D eigenvalue weighted by atomic mass is 32.2. The molecular weight excluding hydrogens is 248 g/mol. The molecule has 0 bridgehead atoms. The first-order chi connectivity index (χ1) is 8.58. The number of ether oxygens (including phenoxy) is 2. The molecule has 0 amide bonds. The highest BCUT2D eigenvalue weighted by Crippen LogP contribution is 2.36. The van der Waals surface area contributed by atoms with Crippen LogP contribution in [0.5, 0.6) is 0 Å². The summed E-state index contributed by atoms with van der Waals surface area (Å²) in [7, 11) is 0. The molecule has 1 aliphatic carbocycles. The predicted octanol–water partition coefficient (Wildman–Crippen LogP) is 3.08. The Morgan fingerprint density at radius 3 is 2.78 bits per heavy atom. The van der Waals surface area contributed by atoms with Gasteiger partial charge in [-0.3, -0.25) is 0 Å². The van der Waals surface area contributed by atoms with Gasteiger partial charge in [0.1, 0.15) is 6.10 Å². The van der Waals surface area contributed by atoms with Gasteiger partial charge >= 0.3 is 5.97 Å². The number of thioether (sulfide) groups is 1. The zero-order valence-electron chi connectivity index (χ0n) is 11.6. The molecule has 2 aliphatic rings. The van der Waals surface area contributed by atoms with E-state index in [1.165, 1.54) is 12.8 Å². The smallest absolute Gasteiger partial charge is 0.346 e. The molecule has 0 unspecified atom stereocenters. The number of esters is 1. The molecule has 0 spiro atoms. The highest BCUT2D eigenvalue weighted by molar-refractivity contribution is 8.00. The van der Waals surface area contributed by atoms with Gasteiger partial charge in [0, 0.05) is 5.75 Å². The molecule has 1 heterocycles. The Hall–Kier alpha value is -0.220. The van der Waals surface area contributed by atoms with E-state index in [1.54, 1.807) is 11.8 Å². The van der Waals surface area contributed by atoms with Crippen LogP contribution in [0.4, 0.5) is 0 Å². The first-order valence-corrected chi connectivity index (χ1v) is 8.06. The van der Waals surface area contributed by atoms with E-state index < -0.39 is 0 Å². The second-order valence-electron chi connectivity index (χ2n) is 5.87. The molecule has 0 N–H and O–H groups in total. The lowest BCUT2D eigenvalue weighted by molar-refractivity contribution is -0.162. The Bertz CT molecular complexity index is 287. The Kier molecular flexibility index (Phi) is 4.96. The van der Waals surface area contributed by atoms with Crippen LogP contribution in [0, 0.1) is 17.8 Å². The van der Waals surface area contributed by atoms with Gasteiger partial charge in [-0.15, -0.1) is 11.8 Å². The van der Waals surface area contributed by atoms with E-state index in [0.29, 0.717) is 24.4 Å². The fourth-order valence-corrected chi connectivity index (χ4v) is 3.74. The monoisotopic (exact) mass is 272 g/mol. The van der Waals surface area contributed by atoms with Crippen molar-refractivity contribution in [2.45, 2.75) is 51.6 Å². The topological polar surface area (TPSA) is 35.5 Å². The molecule has 1 saturated carbocycles. The van der Waals surface area contributed by atoms with Crippen molar-refractivity contribution < 1.29 is 14.3 Å². The van der Waals surface area contributed by atoms with Crippen LogP contribution >= 0.6 is 11.8 Å². The third-order valence-electron chi connectivity index (χ3n) is 4.04. The Labute approximate surface area is 114 Å². The van der Waals surface area contributed by atoms with Crippen LogP contribution in [0.2, 0.25) is 0 Å². The van der Waals surface area contributed by atoms with Gasteiger partial charge in [-0.2, -0.15) is 0 Å². The molecule has 2 rings (SSSR count). The van der Waals surface area contributed by atoms with Crippen molar-refractivity contribution in [1.29, 1.82) is 0 Å². The van der Waals surface area contributed by atoms with E-state index in [2.05, 4.69) is 20.8 Å². The van der Waals surface area contributed by atoms with Crippen LogP contribution in [0.15, 0.2) is 0 Å². The van der Waals surface area contributed by atoms with Gasteiger partial charge in [0.25, 0.3) is 0 Å². The third-order valence-corrected chi connectivity index (χ3v) is 5.08. The van der Waals surface area contributed by atoms with Gasteiger partial charge in [0.05, 0.1) is 6.61 Å². The Balaban J connectivity index is 1.93. The zero-order chi connectivity index (χ0) is 13.1. The fourth-order valence-electron chi connectivity index (χ4n) is 2.95. The van der Waals surface area contributed by atoms with Crippen molar-refractivity contribution in [3.05, 3.63) is 0 Å². The van der Waals surface area contributed by atoms with E-state index in [0.717, 1.165) is 12.2 Å². The summed E-state index contributed by atoms with van der Waals surface area (Å²) in [5.41, 5.74) is -0.380. The molecule has 1 aliphatic heterocycles. The SMILES string of the molecule is CC(C)[C@@H]1CC[C@@H](C)C[C@H]1OC(=O)[C@@H]1OCCS1. The number of rotatable bonds is 3. The Morgan fingerprint density at radius 2 is 2.17 bits per heavy atom. The van der Waals surface area contributed by atoms with E-state index in [4.69, 9.17) is 9.47 Å². The molecule has 4 atom stereocenters. The van der Waals surface area contributed by atoms with Gasteiger partial charge < -0.3 is 9.47 Å². The molecule has 1 saturated heterocycles. The molecule has 4 heteroatoms. The van der Waals surface area contributed by atoms with Crippen LogP contribution in [0.25, 0.3) is 0 Å². The van der Waals surface area contributed by atoms with Crippen LogP contribution in [-0.2, 0) is 14.3 Å². The minimum absolute atomic E-state index is 0.0889. The maximum Gasteiger partial charge on any atom is 0.346 e. The number of carbonyl (C=O) groups is 1. The number of hydrogen-bond donors (Lipinski definition) is 0. The highest BCUT2D eigenvalue weighted by Gasteiger charge is 2.36. The van der Waals surface area contributed by atoms with Crippen LogP contribution in [-0.4, -0.2) is 29.9 Å². The molecular formula is C14H24O3S. The van der Waals surface area contributed by atoms with Crippen LogP contribution in [0.3, 0.4) is 0 Å². The summed E-state index contributed by atoms with van der Waals surface area (Å²) >= 11 is 1.55. The maximum atomic E-state index is 12.0. The van der Waals surface area contributed by atoms with Gasteiger partial charge in [0.2, 0.25) is 5.44 Å². The molecule has 18 heavy (non-hydrogen) atoms. The van der Waals surface area contributed by atoms with Crippen LogP contribution < -0.4 is 0 Å². The van der Waals surface area contributed by atoms with E-state index in [1.807, 2.05) is 0 Å². The van der Waals surface area contributed by atoms with Crippen LogP contribution in [0.1, 0.15) is 40.0 Å². The average Bonchev–Trinajstić information content (AvgIpc) is 2.81. The summed E-state index contributed by atoms with van der Waals surface area (Å²) in [6.45, 7) is 7.36. The summed E-state index contributed by atoms with van der Waals surface area (Å²) in [5.74, 6) is 2.48. The normalized spacial score (nSPS) is 36.9. The second kappa shape index (κ2) is 6.29. The molecule has 0 aromatic carbocycles. The predicted molar refractivity (Wildman–Crippen MR) is 73.4 cm³/mol. The minimum atomic E-state index is -0.380. The first-order valence-electron chi connectivity index (χ1n) is 7.01. The minimum Gasteiger partial charge on any atom is -0.459 e. The lowest BCUT2D eigenvalue weighted by atomic mass is 9.75. The molecule has 2 fully saturated rings. The summed E-state index contributed by atoms with van der Waals surface area (Å²) in [6.07, 6.45) is 3.53. The largest absolute Gasteiger partial charge is 0.459 e.